The van der Waals surface area contributed by atoms with Crippen molar-refractivity contribution in [1.82, 2.24) is 10.2 Å². The van der Waals surface area contributed by atoms with Gasteiger partial charge in [0.25, 0.3) is 0 Å². The number of amides is 1. The van der Waals surface area contributed by atoms with Gasteiger partial charge in [-0.05, 0) is 30.3 Å². The summed E-state index contributed by atoms with van der Waals surface area (Å²) in [7, 11) is 1.89. The normalized spacial score (nSPS) is 10.7. The highest BCUT2D eigenvalue weighted by atomic mass is 35.5. The third kappa shape index (κ3) is 5.34. The van der Waals surface area contributed by atoms with Gasteiger partial charge in [-0.1, -0.05) is 59.6 Å². The molecule has 2 aromatic carbocycles. The molecular weight excluding hydrogens is 319 g/mol. The summed E-state index contributed by atoms with van der Waals surface area (Å²) in [6, 6.07) is 15.3. The molecule has 2 rings (SSSR count). The summed E-state index contributed by atoms with van der Waals surface area (Å²) < 4.78 is 0. The van der Waals surface area contributed by atoms with Crippen molar-refractivity contribution in [2.24, 2.45) is 0 Å². The minimum absolute atomic E-state index is 0.00795. The van der Waals surface area contributed by atoms with Crippen LogP contribution in [-0.2, 0) is 17.9 Å². The number of halogens is 2. The van der Waals surface area contributed by atoms with E-state index < -0.39 is 0 Å². The second-order valence-corrected chi connectivity index (χ2v) is 6.00. The second-order valence-electron chi connectivity index (χ2n) is 5.18. The number of likely N-dealkylation sites (N-methyl/N-ethyl adjacent to an activating group) is 1. The van der Waals surface area contributed by atoms with Crippen LogP contribution in [-0.4, -0.2) is 24.4 Å². The van der Waals surface area contributed by atoms with Crippen molar-refractivity contribution in [1.29, 1.82) is 0 Å². The second kappa shape index (κ2) is 8.18. The number of carbonyl (C=O) groups is 1. The van der Waals surface area contributed by atoms with E-state index in [2.05, 4.69) is 5.32 Å². The van der Waals surface area contributed by atoms with Gasteiger partial charge < -0.3 is 5.32 Å². The maximum absolute atomic E-state index is 11.9. The van der Waals surface area contributed by atoms with Gasteiger partial charge in [-0.25, -0.2) is 0 Å². The number of benzene rings is 2. The Balaban J connectivity index is 1.79. The molecular formula is C17H18Cl2N2O. The summed E-state index contributed by atoms with van der Waals surface area (Å²) in [5, 5.41) is 3.97. The Morgan fingerprint density at radius 1 is 1.05 bits per heavy atom. The third-order valence-corrected chi connectivity index (χ3v) is 3.92. The molecule has 0 saturated carbocycles. The van der Waals surface area contributed by atoms with Crippen LogP contribution in [0.25, 0.3) is 0 Å². The molecule has 0 aromatic heterocycles. The molecule has 22 heavy (non-hydrogen) atoms. The summed E-state index contributed by atoms with van der Waals surface area (Å²) >= 11 is 11.9. The topological polar surface area (TPSA) is 32.3 Å². The Kier molecular flexibility index (Phi) is 6.25. The molecule has 0 spiro atoms. The highest BCUT2D eigenvalue weighted by Crippen LogP contribution is 2.23. The molecule has 116 valence electrons. The van der Waals surface area contributed by atoms with E-state index in [-0.39, 0.29) is 5.91 Å². The van der Waals surface area contributed by atoms with E-state index in [0.29, 0.717) is 29.7 Å². The molecule has 0 fully saturated rings. The van der Waals surface area contributed by atoms with E-state index >= 15 is 0 Å². The van der Waals surface area contributed by atoms with E-state index in [4.69, 9.17) is 23.2 Å². The molecule has 5 heteroatoms. The van der Waals surface area contributed by atoms with Gasteiger partial charge in [0.15, 0.2) is 0 Å². The predicted molar refractivity (Wildman–Crippen MR) is 91.1 cm³/mol. The van der Waals surface area contributed by atoms with E-state index in [1.54, 1.807) is 6.07 Å². The lowest BCUT2D eigenvalue weighted by Crippen LogP contribution is -2.34. The maximum Gasteiger partial charge on any atom is 0.234 e. The third-order valence-electron chi connectivity index (χ3n) is 3.18. The SMILES string of the molecule is CN(CC(=O)NCc1ccccc1)Cc1ccc(Cl)c(Cl)c1. The molecule has 2 aromatic rings. The smallest absolute Gasteiger partial charge is 0.234 e. The first-order valence-corrected chi connectivity index (χ1v) is 7.73. The fraction of sp³-hybridized carbons (Fsp3) is 0.235. The van der Waals surface area contributed by atoms with Crippen molar-refractivity contribution in [2.75, 3.05) is 13.6 Å². The van der Waals surface area contributed by atoms with Gasteiger partial charge in [-0.3, -0.25) is 9.69 Å². The van der Waals surface area contributed by atoms with Gasteiger partial charge in [-0.15, -0.1) is 0 Å². The van der Waals surface area contributed by atoms with Crippen molar-refractivity contribution < 1.29 is 4.79 Å². The van der Waals surface area contributed by atoms with Crippen LogP contribution in [0.1, 0.15) is 11.1 Å². The van der Waals surface area contributed by atoms with Crippen LogP contribution in [0.4, 0.5) is 0 Å². The Morgan fingerprint density at radius 3 is 2.45 bits per heavy atom. The maximum atomic E-state index is 11.9. The molecule has 0 radical (unpaired) electrons. The lowest BCUT2D eigenvalue weighted by Gasteiger charge is -2.16. The zero-order chi connectivity index (χ0) is 15.9. The molecule has 0 aliphatic heterocycles. The van der Waals surface area contributed by atoms with Crippen molar-refractivity contribution >= 4 is 29.1 Å². The van der Waals surface area contributed by atoms with Gasteiger partial charge in [0.05, 0.1) is 16.6 Å². The summed E-state index contributed by atoms with van der Waals surface area (Å²) in [6.07, 6.45) is 0. The van der Waals surface area contributed by atoms with Gasteiger partial charge in [-0.2, -0.15) is 0 Å². The average molecular weight is 337 g/mol. The fourth-order valence-electron chi connectivity index (χ4n) is 2.10. The summed E-state index contributed by atoms with van der Waals surface area (Å²) in [4.78, 5) is 13.9. The first-order valence-electron chi connectivity index (χ1n) is 6.97. The van der Waals surface area contributed by atoms with Gasteiger partial charge in [0.2, 0.25) is 5.91 Å². The van der Waals surface area contributed by atoms with Gasteiger partial charge in [0.1, 0.15) is 0 Å². The van der Waals surface area contributed by atoms with Crippen LogP contribution in [0.5, 0.6) is 0 Å². The van der Waals surface area contributed by atoms with E-state index in [0.717, 1.165) is 11.1 Å². The minimum atomic E-state index is -0.00795. The van der Waals surface area contributed by atoms with Crippen LogP contribution >= 0.6 is 23.2 Å². The Labute approximate surface area is 140 Å². The van der Waals surface area contributed by atoms with E-state index in [1.807, 2.05) is 54.4 Å². The van der Waals surface area contributed by atoms with Crippen LogP contribution in [0.3, 0.4) is 0 Å². The van der Waals surface area contributed by atoms with Gasteiger partial charge >= 0.3 is 0 Å². The van der Waals surface area contributed by atoms with Gasteiger partial charge in [0, 0.05) is 13.1 Å². The number of nitrogens with zero attached hydrogens (tertiary/aromatic N) is 1. The summed E-state index contributed by atoms with van der Waals surface area (Å²) in [6.45, 7) is 1.50. The molecule has 0 atom stereocenters. The number of hydrogen-bond donors (Lipinski definition) is 1. The molecule has 0 saturated heterocycles. The van der Waals surface area contributed by atoms with Crippen LogP contribution in [0, 0.1) is 0 Å². The van der Waals surface area contributed by atoms with Crippen LogP contribution in [0.15, 0.2) is 48.5 Å². The van der Waals surface area contributed by atoms with Crippen molar-refractivity contribution in [2.45, 2.75) is 13.1 Å². The van der Waals surface area contributed by atoms with Crippen molar-refractivity contribution in [3.63, 3.8) is 0 Å². The Morgan fingerprint density at radius 2 is 1.77 bits per heavy atom. The first-order chi connectivity index (χ1) is 10.5. The summed E-state index contributed by atoms with van der Waals surface area (Å²) in [5.74, 6) is -0.00795. The Bertz CT molecular complexity index is 632. The molecule has 0 heterocycles. The monoisotopic (exact) mass is 336 g/mol. The van der Waals surface area contributed by atoms with Crippen molar-refractivity contribution in [3.05, 3.63) is 69.7 Å². The zero-order valence-corrected chi connectivity index (χ0v) is 13.9. The first kappa shape index (κ1) is 16.8. The number of carbonyl (C=O) groups excluding carboxylic acids is 1. The highest BCUT2D eigenvalue weighted by Gasteiger charge is 2.08. The average Bonchev–Trinajstić information content (AvgIpc) is 2.50. The lowest BCUT2D eigenvalue weighted by atomic mass is 10.2. The van der Waals surface area contributed by atoms with Crippen LogP contribution in [0.2, 0.25) is 10.0 Å². The largest absolute Gasteiger partial charge is 0.351 e. The van der Waals surface area contributed by atoms with Crippen molar-refractivity contribution in [3.8, 4) is 0 Å². The van der Waals surface area contributed by atoms with Crippen LogP contribution < -0.4 is 5.32 Å². The number of nitrogens with one attached hydrogen (secondary N) is 1. The standard InChI is InChI=1S/C17H18Cl2N2O/c1-21(11-14-7-8-15(18)16(19)9-14)12-17(22)20-10-13-5-3-2-4-6-13/h2-9H,10-12H2,1H3,(H,20,22). The molecule has 0 bridgehead atoms. The predicted octanol–water partition coefficient (Wildman–Crippen LogP) is 3.74. The molecule has 0 aliphatic rings. The molecule has 1 N–H and O–H groups in total. The minimum Gasteiger partial charge on any atom is -0.351 e. The number of hydrogen-bond acceptors (Lipinski definition) is 2. The van der Waals surface area contributed by atoms with E-state index in [1.165, 1.54) is 0 Å². The highest BCUT2D eigenvalue weighted by molar-refractivity contribution is 6.42. The molecule has 0 unspecified atom stereocenters. The summed E-state index contributed by atoms with van der Waals surface area (Å²) in [5.41, 5.74) is 2.11. The zero-order valence-electron chi connectivity index (χ0n) is 12.4. The number of rotatable bonds is 6. The lowest BCUT2D eigenvalue weighted by molar-refractivity contribution is -0.122. The fourth-order valence-corrected chi connectivity index (χ4v) is 2.42. The molecule has 1 amide bonds. The Hall–Kier alpha value is -1.55. The van der Waals surface area contributed by atoms with E-state index in [9.17, 15) is 4.79 Å². The molecule has 3 nitrogen and oxygen atoms in total. The quantitative estimate of drug-likeness (QED) is 0.871. The molecule has 0 aliphatic carbocycles.